The molecular formula is C23H27N2O3S+. The molecule has 0 aliphatic carbocycles. The van der Waals surface area contributed by atoms with Gasteiger partial charge in [-0.3, -0.25) is 0 Å². The zero-order valence-corrected chi connectivity index (χ0v) is 17.9. The van der Waals surface area contributed by atoms with E-state index in [0.717, 1.165) is 40.9 Å². The van der Waals surface area contributed by atoms with E-state index in [4.69, 9.17) is 19.2 Å². The molecule has 0 saturated heterocycles. The van der Waals surface area contributed by atoms with Gasteiger partial charge in [-0.1, -0.05) is 12.7 Å². The molecule has 0 aliphatic rings. The Hall–Kier alpha value is -2.83. The Bertz CT molecular complexity index is 938. The standard InChI is InChI=1S/C23H26N2O3S/c1-5-12-28-20-9-6-17(7-10-20)14-25(2)15-19-16-29-23(24-19)18-8-11-21(26-3)22(13-18)27-4/h5-11,13,16H,1,12,14-15H2,2-4H3/p+1. The van der Waals surface area contributed by atoms with Crippen LogP contribution >= 0.6 is 11.3 Å². The van der Waals surface area contributed by atoms with Crippen LogP contribution in [-0.2, 0) is 13.1 Å². The summed E-state index contributed by atoms with van der Waals surface area (Å²) in [5.41, 5.74) is 3.39. The van der Waals surface area contributed by atoms with Crippen LogP contribution in [0.15, 0.2) is 60.5 Å². The largest absolute Gasteiger partial charge is 0.493 e. The third-order valence-corrected chi connectivity index (χ3v) is 5.40. The maximum absolute atomic E-state index is 5.54. The predicted molar refractivity (Wildman–Crippen MR) is 117 cm³/mol. The molecule has 0 bridgehead atoms. The molecule has 0 radical (unpaired) electrons. The van der Waals surface area contributed by atoms with E-state index in [9.17, 15) is 0 Å². The molecule has 1 aromatic heterocycles. The first kappa shape index (κ1) is 20.9. The van der Waals surface area contributed by atoms with Crippen LogP contribution in [0.2, 0.25) is 0 Å². The van der Waals surface area contributed by atoms with E-state index in [1.54, 1.807) is 31.6 Å². The van der Waals surface area contributed by atoms with Crippen LogP contribution in [0.5, 0.6) is 17.2 Å². The summed E-state index contributed by atoms with van der Waals surface area (Å²) in [6.45, 7) is 5.97. The minimum Gasteiger partial charge on any atom is -0.493 e. The van der Waals surface area contributed by atoms with Crippen molar-refractivity contribution in [1.29, 1.82) is 0 Å². The Kier molecular flexibility index (Phi) is 7.27. The fourth-order valence-electron chi connectivity index (χ4n) is 3.07. The summed E-state index contributed by atoms with van der Waals surface area (Å²) >= 11 is 1.65. The molecule has 1 atom stereocenters. The highest BCUT2D eigenvalue weighted by molar-refractivity contribution is 7.13. The van der Waals surface area contributed by atoms with Crippen molar-refractivity contribution < 1.29 is 19.1 Å². The number of nitrogens with zero attached hydrogens (tertiary/aromatic N) is 1. The Morgan fingerprint density at radius 1 is 1.03 bits per heavy atom. The molecule has 3 rings (SSSR count). The van der Waals surface area contributed by atoms with Gasteiger partial charge in [0.25, 0.3) is 0 Å². The zero-order chi connectivity index (χ0) is 20.6. The Balaban J connectivity index is 1.61. The third kappa shape index (κ3) is 5.59. The lowest BCUT2D eigenvalue weighted by molar-refractivity contribution is -0.908. The second-order valence-corrected chi connectivity index (χ2v) is 7.63. The topological polar surface area (TPSA) is 45.0 Å². The number of ether oxygens (including phenoxy) is 3. The summed E-state index contributed by atoms with van der Waals surface area (Å²) in [6, 6.07) is 14.1. The number of nitrogens with one attached hydrogen (secondary N) is 1. The number of hydrogen-bond donors (Lipinski definition) is 1. The van der Waals surface area contributed by atoms with E-state index in [1.165, 1.54) is 10.5 Å². The summed E-state index contributed by atoms with van der Waals surface area (Å²) in [7, 11) is 5.46. The number of methoxy groups -OCH3 is 2. The van der Waals surface area contributed by atoms with E-state index in [2.05, 4.69) is 31.1 Å². The van der Waals surface area contributed by atoms with Crippen molar-refractivity contribution in [3.63, 3.8) is 0 Å². The summed E-state index contributed by atoms with van der Waals surface area (Å²) < 4.78 is 16.2. The molecule has 1 unspecified atom stereocenters. The minimum absolute atomic E-state index is 0.525. The smallest absolute Gasteiger partial charge is 0.161 e. The quantitative estimate of drug-likeness (QED) is 0.518. The summed E-state index contributed by atoms with van der Waals surface area (Å²) in [4.78, 5) is 6.18. The Labute approximate surface area is 176 Å². The molecule has 1 heterocycles. The van der Waals surface area contributed by atoms with Crippen LogP contribution in [0, 0.1) is 0 Å². The van der Waals surface area contributed by atoms with Crippen LogP contribution in [0.25, 0.3) is 10.6 Å². The average Bonchev–Trinajstić information content (AvgIpc) is 3.21. The first-order chi connectivity index (χ1) is 14.1. The number of rotatable bonds is 10. The maximum atomic E-state index is 5.54. The lowest BCUT2D eigenvalue weighted by Gasteiger charge is -2.13. The number of thiazole rings is 1. The van der Waals surface area contributed by atoms with Gasteiger partial charge >= 0.3 is 0 Å². The van der Waals surface area contributed by atoms with E-state index >= 15 is 0 Å². The molecule has 0 fully saturated rings. The lowest BCUT2D eigenvalue weighted by Crippen LogP contribution is -3.06. The van der Waals surface area contributed by atoms with E-state index < -0.39 is 0 Å². The third-order valence-electron chi connectivity index (χ3n) is 4.46. The molecule has 29 heavy (non-hydrogen) atoms. The fourth-order valence-corrected chi connectivity index (χ4v) is 3.89. The fraction of sp³-hybridized carbons (Fsp3) is 0.261. The van der Waals surface area contributed by atoms with Gasteiger partial charge in [0.05, 0.1) is 21.3 Å². The van der Waals surface area contributed by atoms with E-state index in [1.807, 2.05) is 30.3 Å². The van der Waals surface area contributed by atoms with Gasteiger partial charge in [0.2, 0.25) is 0 Å². The highest BCUT2D eigenvalue weighted by Crippen LogP contribution is 2.33. The van der Waals surface area contributed by atoms with Crippen LogP contribution in [0.3, 0.4) is 0 Å². The highest BCUT2D eigenvalue weighted by Gasteiger charge is 2.12. The van der Waals surface area contributed by atoms with Gasteiger partial charge in [-0.25, -0.2) is 4.98 Å². The van der Waals surface area contributed by atoms with E-state index in [0.29, 0.717) is 12.4 Å². The highest BCUT2D eigenvalue weighted by atomic mass is 32.1. The molecule has 2 aromatic carbocycles. The molecule has 5 nitrogen and oxygen atoms in total. The molecule has 6 heteroatoms. The summed E-state index contributed by atoms with van der Waals surface area (Å²) in [5.74, 6) is 2.30. The van der Waals surface area contributed by atoms with E-state index in [-0.39, 0.29) is 0 Å². The van der Waals surface area contributed by atoms with Crippen molar-refractivity contribution in [2.24, 2.45) is 0 Å². The zero-order valence-electron chi connectivity index (χ0n) is 17.1. The number of aromatic nitrogens is 1. The van der Waals surface area contributed by atoms with Crippen LogP contribution in [-0.4, -0.2) is 32.9 Å². The molecule has 3 aromatic rings. The molecule has 152 valence electrons. The first-order valence-electron chi connectivity index (χ1n) is 9.43. The summed E-state index contributed by atoms with van der Waals surface area (Å²) in [5, 5.41) is 3.11. The van der Waals surface area contributed by atoms with Gasteiger partial charge < -0.3 is 19.1 Å². The second-order valence-electron chi connectivity index (χ2n) is 6.77. The SMILES string of the molecule is C=CCOc1ccc(C[NH+](C)Cc2csc(-c3ccc(OC)c(OC)c3)n2)cc1. The van der Waals surface area contributed by atoms with Crippen LogP contribution in [0.1, 0.15) is 11.3 Å². The minimum atomic E-state index is 0.525. The van der Waals surface area contributed by atoms with Crippen LogP contribution < -0.4 is 19.1 Å². The second kappa shape index (κ2) is 10.1. The molecular weight excluding hydrogens is 384 g/mol. The maximum Gasteiger partial charge on any atom is 0.161 e. The molecule has 0 spiro atoms. The van der Waals surface area contributed by atoms with Gasteiger partial charge in [0, 0.05) is 16.5 Å². The monoisotopic (exact) mass is 411 g/mol. The van der Waals surface area contributed by atoms with Crippen LogP contribution in [0.4, 0.5) is 0 Å². The van der Waals surface area contributed by atoms with Gasteiger partial charge in [-0.2, -0.15) is 0 Å². The van der Waals surface area contributed by atoms with Crippen molar-refractivity contribution in [1.82, 2.24) is 4.98 Å². The number of benzene rings is 2. The normalized spacial score (nSPS) is 11.7. The summed E-state index contributed by atoms with van der Waals surface area (Å²) in [6.07, 6.45) is 1.75. The van der Waals surface area contributed by atoms with Crippen molar-refractivity contribution in [3.05, 3.63) is 71.8 Å². The van der Waals surface area contributed by atoms with Gasteiger partial charge in [0.15, 0.2) is 11.5 Å². The van der Waals surface area contributed by atoms with Crippen molar-refractivity contribution in [2.75, 3.05) is 27.9 Å². The van der Waals surface area contributed by atoms with Crippen molar-refractivity contribution in [3.8, 4) is 27.8 Å². The van der Waals surface area contributed by atoms with Gasteiger partial charge in [0.1, 0.15) is 36.1 Å². The molecule has 0 amide bonds. The number of quaternary nitrogens is 1. The Morgan fingerprint density at radius 3 is 2.48 bits per heavy atom. The molecule has 0 aliphatic heterocycles. The van der Waals surface area contributed by atoms with Crippen molar-refractivity contribution >= 4 is 11.3 Å². The first-order valence-corrected chi connectivity index (χ1v) is 10.3. The van der Waals surface area contributed by atoms with Crippen molar-refractivity contribution in [2.45, 2.75) is 13.1 Å². The van der Waals surface area contributed by atoms with Gasteiger partial charge in [-0.05, 0) is 42.5 Å². The Morgan fingerprint density at radius 2 is 1.79 bits per heavy atom. The predicted octanol–water partition coefficient (Wildman–Crippen LogP) is 3.61. The molecule has 0 saturated carbocycles. The number of hydrogen-bond acceptors (Lipinski definition) is 5. The lowest BCUT2D eigenvalue weighted by atomic mass is 10.2. The molecule has 1 N–H and O–H groups in total. The average molecular weight is 412 g/mol. The van der Waals surface area contributed by atoms with Gasteiger partial charge in [-0.15, -0.1) is 11.3 Å².